The fourth-order valence-corrected chi connectivity index (χ4v) is 2.79. The third kappa shape index (κ3) is 3.47. The van der Waals surface area contributed by atoms with Crippen molar-refractivity contribution >= 4 is 9.84 Å². The maximum absolute atomic E-state index is 14.0. The van der Waals surface area contributed by atoms with Crippen LogP contribution in [-0.2, 0) is 16.0 Å². The molecular weight excluding hydrogens is 336 g/mol. The van der Waals surface area contributed by atoms with Gasteiger partial charge >= 0.3 is 6.18 Å². The lowest BCUT2D eigenvalue weighted by Gasteiger charge is -2.18. The summed E-state index contributed by atoms with van der Waals surface area (Å²) in [6.07, 6.45) is -4.08. The van der Waals surface area contributed by atoms with Gasteiger partial charge in [-0.2, -0.15) is 13.2 Å². The van der Waals surface area contributed by atoms with Crippen molar-refractivity contribution in [2.24, 2.45) is 0 Å². The molecule has 0 radical (unpaired) electrons. The zero-order valence-electron chi connectivity index (χ0n) is 12.1. The number of methoxy groups -OCH3 is 1. The molecule has 0 spiro atoms. The molecule has 2 aromatic carbocycles. The van der Waals surface area contributed by atoms with Crippen molar-refractivity contribution in [1.82, 2.24) is 0 Å². The number of sulfone groups is 1. The maximum atomic E-state index is 14.0. The molecular formula is C15H12F4O3S. The molecule has 8 heteroatoms. The molecule has 0 atom stereocenters. The Morgan fingerprint density at radius 3 is 2.13 bits per heavy atom. The molecule has 124 valence electrons. The van der Waals surface area contributed by atoms with E-state index in [4.69, 9.17) is 4.74 Å². The summed E-state index contributed by atoms with van der Waals surface area (Å²) in [7, 11) is -2.92. The van der Waals surface area contributed by atoms with Gasteiger partial charge in [-0.05, 0) is 18.2 Å². The van der Waals surface area contributed by atoms with E-state index in [9.17, 15) is 26.0 Å². The highest BCUT2D eigenvalue weighted by molar-refractivity contribution is 7.90. The highest BCUT2D eigenvalue weighted by Gasteiger charge is 2.37. The highest BCUT2D eigenvalue weighted by Crippen LogP contribution is 2.44. The minimum absolute atomic E-state index is 0.180. The van der Waals surface area contributed by atoms with E-state index in [-0.39, 0.29) is 11.1 Å². The lowest BCUT2D eigenvalue weighted by molar-refractivity contribution is -0.138. The quantitative estimate of drug-likeness (QED) is 0.790. The predicted molar refractivity (Wildman–Crippen MR) is 76.5 cm³/mol. The van der Waals surface area contributed by atoms with Crippen LogP contribution in [-0.4, -0.2) is 21.8 Å². The van der Waals surface area contributed by atoms with E-state index in [0.29, 0.717) is 6.07 Å². The third-order valence-electron chi connectivity index (χ3n) is 3.16. The number of halogens is 4. The molecule has 0 bridgehead atoms. The molecule has 0 saturated carbocycles. The van der Waals surface area contributed by atoms with Crippen LogP contribution in [0.25, 0.3) is 11.1 Å². The molecule has 23 heavy (non-hydrogen) atoms. The zero-order valence-corrected chi connectivity index (χ0v) is 12.9. The molecule has 0 fully saturated rings. The summed E-state index contributed by atoms with van der Waals surface area (Å²) in [5.74, 6) is -1.42. The van der Waals surface area contributed by atoms with E-state index in [1.807, 2.05) is 0 Å². The molecule has 0 amide bonds. The van der Waals surface area contributed by atoms with E-state index in [0.717, 1.165) is 25.5 Å². The Morgan fingerprint density at radius 1 is 1.04 bits per heavy atom. The molecule has 0 aromatic heterocycles. The van der Waals surface area contributed by atoms with Gasteiger partial charge in [0.1, 0.15) is 11.6 Å². The summed E-state index contributed by atoms with van der Waals surface area (Å²) in [6.45, 7) is 0. The first-order chi connectivity index (χ1) is 10.6. The van der Waals surface area contributed by atoms with Crippen LogP contribution < -0.4 is 4.74 Å². The summed E-state index contributed by atoms with van der Waals surface area (Å²) >= 11 is 0. The molecule has 2 aromatic rings. The average Bonchev–Trinajstić information content (AvgIpc) is 2.44. The van der Waals surface area contributed by atoms with Crippen molar-refractivity contribution in [2.75, 3.05) is 13.4 Å². The molecule has 0 saturated heterocycles. The molecule has 0 aliphatic heterocycles. The molecule has 0 heterocycles. The van der Waals surface area contributed by atoms with Crippen molar-refractivity contribution in [3.8, 4) is 16.9 Å². The minimum atomic E-state index is -4.86. The van der Waals surface area contributed by atoms with E-state index in [1.54, 1.807) is 0 Å². The van der Waals surface area contributed by atoms with E-state index >= 15 is 0 Å². The van der Waals surface area contributed by atoms with E-state index in [1.165, 1.54) is 18.2 Å². The van der Waals surface area contributed by atoms with Gasteiger partial charge in [-0.3, -0.25) is 0 Å². The maximum Gasteiger partial charge on any atom is 0.420 e. The second kappa shape index (κ2) is 5.84. The number of benzene rings is 2. The number of hydrogen-bond donors (Lipinski definition) is 0. The van der Waals surface area contributed by atoms with Crippen LogP contribution >= 0.6 is 0 Å². The van der Waals surface area contributed by atoms with Gasteiger partial charge < -0.3 is 4.74 Å². The van der Waals surface area contributed by atoms with Gasteiger partial charge in [-0.25, -0.2) is 12.8 Å². The van der Waals surface area contributed by atoms with Gasteiger partial charge in [-0.15, -0.1) is 0 Å². The van der Waals surface area contributed by atoms with Crippen molar-refractivity contribution in [2.45, 2.75) is 11.1 Å². The monoisotopic (exact) mass is 348 g/mol. The van der Waals surface area contributed by atoms with Crippen LogP contribution in [0.1, 0.15) is 5.56 Å². The van der Waals surface area contributed by atoms with Crippen LogP contribution in [0.2, 0.25) is 0 Å². The Kier molecular flexibility index (Phi) is 4.39. The second-order valence-corrected chi connectivity index (χ2v) is 6.82. The molecule has 3 nitrogen and oxygen atoms in total. The standard InChI is InChI=1S/C15H12F4O3S/c1-22-14-11(10-5-3-4-6-13(10)16)7-9(23(2,20)21)8-12(14)15(17,18)19/h3-8H,1-2H3. The van der Waals surface area contributed by atoms with Crippen molar-refractivity contribution in [1.29, 1.82) is 0 Å². The van der Waals surface area contributed by atoms with Crippen LogP contribution in [0.5, 0.6) is 5.75 Å². The van der Waals surface area contributed by atoms with Gasteiger partial charge in [-0.1, -0.05) is 18.2 Å². The summed E-state index contributed by atoms with van der Waals surface area (Å²) in [6, 6.07) is 6.57. The summed E-state index contributed by atoms with van der Waals surface area (Å²) in [4.78, 5) is -0.566. The van der Waals surface area contributed by atoms with Crippen LogP contribution in [0.4, 0.5) is 17.6 Å². The Morgan fingerprint density at radius 2 is 1.65 bits per heavy atom. The van der Waals surface area contributed by atoms with Crippen molar-refractivity contribution in [3.05, 3.63) is 47.8 Å². The predicted octanol–water partition coefficient (Wildman–Crippen LogP) is 3.92. The number of alkyl halides is 3. The number of ether oxygens (including phenoxy) is 1. The second-order valence-electron chi connectivity index (χ2n) is 4.80. The zero-order chi connectivity index (χ0) is 17.4. The first-order valence-electron chi connectivity index (χ1n) is 6.30. The molecule has 2 rings (SSSR count). The third-order valence-corrected chi connectivity index (χ3v) is 4.26. The lowest BCUT2D eigenvalue weighted by Crippen LogP contribution is -2.11. The number of hydrogen-bond acceptors (Lipinski definition) is 3. The topological polar surface area (TPSA) is 43.4 Å². The van der Waals surface area contributed by atoms with E-state index in [2.05, 4.69) is 0 Å². The molecule has 0 aliphatic carbocycles. The first-order valence-corrected chi connectivity index (χ1v) is 8.19. The van der Waals surface area contributed by atoms with Crippen molar-refractivity contribution in [3.63, 3.8) is 0 Å². The summed E-state index contributed by atoms with van der Waals surface area (Å²) in [5, 5.41) is 0. The van der Waals surface area contributed by atoms with Gasteiger partial charge in [0.25, 0.3) is 0 Å². The van der Waals surface area contributed by atoms with Gasteiger partial charge in [0.05, 0.1) is 17.6 Å². The van der Waals surface area contributed by atoms with Gasteiger partial charge in [0.2, 0.25) is 0 Å². The Bertz CT molecular complexity index is 842. The van der Waals surface area contributed by atoms with Crippen LogP contribution in [0, 0.1) is 5.82 Å². The fraction of sp³-hybridized carbons (Fsp3) is 0.200. The Labute approximate surface area is 130 Å². The molecule has 0 unspecified atom stereocenters. The van der Waals surface area contributed by atoms with Gasteiger partial charge in [0.15, 0.2) is 9.84 Å². The van der Waals surface area contributed by atoms with Crippen LogP contribution in [0.15, 0.2) is 41.3 Å². The molecule has 0 aliphatic rings. The Hall–Kier alpha value is -2.09. The van der Waals surface area contributed by atoms with Gasteiger partial charge in [0, 0.05) is 17.4 Å². The van der Waals surface area contributed by atoms with Crippen LogP contribution in [0.3, 0.4) is 0 Å². The first kappa shape index (κ1) is 17.3. The smallest absolute Gasteiger partial charge is 0.420 e. The highest BCUT2D eigenvalue weighted by atomic mass is 32.2. The average molecular weight is 348 g/mol. The fourth-order valence-electron chi connectivity index (χ4n) is 2.13. The Balaban J connectivity index is 2.93. The number of rotatable bonds is 3. The lowest BCUT2D eigenvalue weighted by atomic mass is 10.0. The largest absolute Gasteiger partial charge is 0.495 e. The molecule has 0 N–H and O–H groups in total. The summed E-state index contributed by atoms with van der Waals surface area (Å²) < 4.78 is 81.8. The minimum Gasteiger partial charge on any atom is -0.495 e. The summed E-state index contributed by atoms with van der Waals surface area (Å²) in [5.41, 5.74) is -1.73. The van der Waals surface area contributed by atoms with Crippen molar-refractivity contribution < 1.29 is 30.7 Å². The SMILES string of the molecule is COc1c(-c2ccccc2F)cc(S(C)(=O)=O)cc1C(F)(F)F. The van der Waals surface area contributed by atoms with E-state index < -0.39 is 38.0 Å². The normalized spacial score (nSPS) is 12.3.